The first-order valence-corrected chi connectivity index (χ1v) is 8.12. The minimum Gasteiger partial charge on any atom is -0.385 e. The highest BCUT2D eigenvalue weighted by molar-refractivity contribution is 6.30. The molecule has 0 aliphatic heterocycles. The Labute approximate surface area is 133 Å². The lowest BCUT2D eigenvalue weighted by atomic mass is 9.84. The summed E-state index contributed by atoms with van der Waals surface area (Å²) in [5.74, 6) is 0. The van der Waals surface area contributed by atoms with Gasteiger partial charge in [0.15, 0.2) is 0 Å². The molecule has 0 saturated carbocycles. The Kier molecular flexibility index (Phi) is 8.93. The fourth-order valence-corrected chi connectivity index (χ4v) is 2.76. The normalized spacial score (nSPS) is 14.1. The molecule has 0 heterocycles. The van der Waals surface area contributed by atoms with Gasteiger partial charge in [-0.3, -0.25) is 0 Å². The number of hydrogen-bond acceptors (Lipinski definition) is 3. The zero-order chi connectivity index (χ0) is 15.6. The van der Waals surface area contributed by atoms with E-state index in [4.69, 9.17) is 16.3 Å². The molecule has 21 heavy (non-hydrogen) atoms. The number of halogens is 1. The number of unbranched alkanes of at least 4 members (excludes halogenated alkanes) is 2. The molecule has 0 aromatic heterocycles. The van der Waals surface area contributed by atoms with E-state index in [2.05, 4.69) is 5.32 Å². The van der Waals surface area contributed by atoms with Gasteiger partial charge in [-0.2, -0.15) is 0 Å². The van der Waals surface area contributed by atoms with Crippen molar-refractivity contribution in [2.75, 3.05) is 27.3 Å². The van der Waals surface area contributed by atoms with Crippen molar-refractivity contribution in [3.63, 3.8) is 0 Å². The topological polar surface area (TPSA) is 41.5 Å². The summed E-state index contributed by atoms with van der Waals surface area (Å²) in [4.78, 5) is 0. The third-order valence-corrected chi connectivity index (χ3v) is 4.05. The molecule has 120 valence electrons. The van der Waals surface area contributed by atoms with E-state index in [0.717, 1.165) is 57.2 Å². The lowest BCUT2D eigenvalue weighted by Gasteiger charge is -2.29. The molecule has 2 N–H and O–H groups in total. The molecule has 0 aliphatic carbocycles. The van der Waals surface area contributed by atoms with Crippen LogP contribution in [0.5, 0.6) is 0 Å². The van der Waals surface area contributed by atoms with Crippen LogP contribution in [-0.2, 0) is 10.3 Å². The highest BCUT2D eigenvalue weighted by Gasteiger charge is 2.28. The Balaban J connectivity index is 2.67. The molecule has 4 heteroatoms. The van der Waals surface area contributed by atoms with E-state index in [1.807, 2.05) is 31.3 Å². The van der Waals surface area contributed by atoms with E-state index in [1.165, 1.54) is 0 Å². The van der Waals surface area contributed by atoms with Gasteiger partial charge in [0, 0.05) is 18.7 Å². The van der Waals surface area contributed by atoms with Crippen LogP contribution in [0.3, 0.4) is 0 Å². The number of benzene rings is 1. The van der Waals surface area contributed by atoms with Gasteiger partial charge in [0.1, 0.15) is 0 Å². The Bertz CT molecular complexity index is 386. The molecule has 1 rings (SSSR count). The summed E-state index contributed by atoms with van der Waals surface area (Å²) in [6, 6.07) is 7.61. The molecule has 0 spiro atoms. The Morgan fingerprint density at radius 1 is 1.19 bits per heavy atom. The van der Waals surface area contributed by atoms with Crippen LogP contribution in [0.1, 0.15) is 44.1 Å². The standard InChI is InChI=1S/C17H28ClNO2/c1-19-12-5-3-10-17(20,11-4-6-13-21-2)15-8-7-9-16(18)14-15/h7-9,14,19-20H,3-6,10-13H2,1-2H3/t17-/m1/s1. The monoisotopic (exact) mass is 313 g/mol. The molecule has 3 nitrogen and oxygen atoms in total. The molecule has 0 saturated heterocycles. The van der Waals surface area contributed by atoms with Crippen molar-refractivity contribution in [3.05, 3.63) is 34.9 Å². The van der Waals surface area contributed by atoms with Gasteiger partial charge in [-0.05, 0) is 69.8 Å². The SMILES string of the molecule is CNCCCC[C@@](O)(CCCCOC)c1cccc(Cl)c1. The van der Waals surface area contributed by atoms with Gasteiger partial charge >= 0.3 is 0 Å². The molecule has 0 amide bonds. The van der Waals surface area contributed by atoms with Gasteiger partial charge in [-0.25, -0.2) is 0 Å². The first kappa shape index (κ1) is 18.4. The molecule has 0 aliphatic rings. The van der Waals surface area contributed by atoms with Crippen molar-refractivity contribution in [2.45, 2.75) is 44.1 Å². The van der Waals surface area contributed by atoms with E-state index in [0.29, 0.717) is 5.02 Å². The maximum Gasteiger partial charge on any atom is 0.0897 e. The summed E-state index contributed by atoms with van der Waals surface area (Å²) in [5.41, 5.74) is 0.142. The number of nitrogens with one attached hydrogen (secondary N) is 1. The lowest BCUT2D eigenvalue weighted by molar-refractivity contribution is 0.0120. The predicted molar refractivity (Wildman–Crippen MR) is 88.9 cm³/mol. The molecule has 0 bridgehead atoms. The minimum absolute atomic E-state index is 0.679. The number of hydrogen-bond donors (Lipinski definition) is 2. The Hall–Kier alpha value is -0.610. The van der Waals surface area contributed by atoms with E-state index in [1.54, 1.807) is 7.11 Å². The lowest BCUT2D eigenvalue weighted by Crippen LogP contribution is -2.26. The van der Waals surface area contributed by atoms with Crippen LogP contribution in [0.25, 0.3) is 0 Å². The summed E-state index contributed by atoms with van der Waals surface area (Å²) in [6.45, 7) is 1.72. The first-order valence-electron chi connectivity index (χ1n) is 7.74. The van der Waals surface area contributed by atoms with Crippen LogP contribution in [-0.4, -0.2) is 32.4 Å². The van der Waals surface area contributed by atoms with Gasteiger partial charge in [0.25, 0.3) is 0 Å². The van der Waals surface area contributed by atoms with Crippen LogP contribution in [0.2, 0.25) is 5.02 Å². The average Bonchev–Trinajstić information content (AvgIpc) is 2.48. The maximum atomic E-state index is 11.1. The summed E-state index contributed by atoms with van der Waals surface area (Å²) >= 11 is 6.08. The number of ether oxygens (including phenoxy) is 1. The van der Waals surface area contributed by atoms with Crippen molar-refractivity contribution >= 4 is 11.6 Å². The quantitative estimate of drug-likeness (QED) is 0.612. The smallest absolute Gasteiger partial charge is 0.0897 e. The summed E-state index contributed by atoms with van der Waals surface area (Å²) in [5, 5.41) is 14.9. The van der Waals surface area contributed by atoms with Crippen molar-refractivity contribution in [1.82, 2.24) is 5.32 Å². The molecule has 1 aromatic carbocycles. The predicted octanol–water partition coefficient (Wildman–Crippen LogP) is 3.73. The van der Waals surface area contributed by atoms with E-state index >= 15 is 0 Å². The van der Waals surface area contributed by atoms with Crippen LogP contribution < -0.4 is 5.32 Å². The number of aliphatic hydroxyl groups is 1. The average molecular weight is 314 g/mol. The second-order valence-electron chi connectivity index (χ2n) is 5.55. The molecular formula is C17H28ClNO2. The van der Waals surface area contributed by atoms with Crippen LogP contribution in [0, 0.1) is 0 Å². The number of methoxy groups -OCH3 is 1. The second kappa shape index (κ2) is 10.2. The highest BCUT2D eigenvalue weighted by Crippen LogP contribution is 2.33. The van der Waals surface area contributed by atoms with Gasteiger partial charge in [-0.1, -0.05) is 23.7 Å². The first-order chi connectivity index (χ1) is 10.1. The van der Waals surface area contributed by atoms with Crippen molar-refractivity contribution in [1.29, 1.82) is 0 Å². The summed E-state index contributed by atoms with van der Waals surface area (Å²) in [7, 11) is 3.66. The van der Waals surface area contributed by atoms with Gasteiger partial charge in [0.2, 0.25) is 0 Å². The molecule has 1 atom stereocenters. The Morgan fingerprint density at radius 2 is 1.90 bits per heavy atom. The van der Waals surface area contributed by atoms with E-state index < -0.39 is 5.60 Å². The molecular weight excluding hydrogens is 286 g/mol. The Morgan fingerprint density at radius 3 is 2.52 bits per heavy atom. The van der Waals surface area contributed by atoms with E-state index in [-0.39, 0.29) is 0 Å². The zero-order valence-electron chi connectivity index (χ0n) is 13.2. The zero-order valence-corrected chi connectivity index (χ0v) is 14.0. The molecule has 0 fully saturated rings. The van der Waals surface area contributed by atoms with Crippen LogP contribution in [0.15, 0.2) is 24.3 Å². The number of rotatable bonds is 11. The van der Waals surface area contributed by atoms with Crippen molar-refractivity contribution < 1.29 is 9.84 Å². The molecule has 0 unspecified atom stereocenters. The van der Waals surface area contributed by atoms with Crippen LogP contribution in [0.4, 0.5) is 0 Å². The maximum absolute atomic E-state index is 11.1. The molecule has 1 aromatic rings. The highest BCUT2D eigenvalue weighted by atomic mass is 35.5. The largest absolute Gasteiger partial charge is 0.385 e. The minimum atomic E-state index is -0.785. The van der Waals surface area contributed by atoms with Crippen LogP contribution >= 0.6 is 11.6 Å². The molecule has 0 radical (unpaired) electrons. The summed E-state index contributed by atoms with van der Waals surface area (Å²) < 4.78 is 5.08. The fraction of sp³-hybridized carbons (Fsp3) is 0.647. The fourth-order valence-electron chi connectivity index (χ4n) is 2.57. The second-order valence-corrected chi connectivity index (χ2v) is 5.99. The van der Waals surface area contributed by atoms with E-state index in [9.17, 15) is 5.11 Å². The van der Waals surface area contributed by atoms with Crippen molar-refractivity contribution in [2.24, 2.45) is 0 Å². The van der Waals surface area contributed by atoms with Gasteiger partial charge < -0.3 is 15.2 Å². The summed E-state index contributed by atoms with van der Waals surface area (Å²) in [6.07, 6.45) is 5.49. The third kappa shape index (κ3) is 6.79. The van der Waals surface area contributed by atoms with Gasteiger partial charge in [0.05, 0.1) is 5.60 Å². The third-order valence-electron chi connectivity index (χ3n) is 3.82. The van der Waals surface area contributed by atoms with Crippen molar-refractivity contribution in [3.8, 4) is 0 Å². The van der Waals surface area contributed by atoms with Gasteiger partial charge in [-0.15, -0.1) is 0 Å².